The van der Waals surface area contributed by atoms with Gasteiger partial charge in [-0.25, -0.2) is 0 Å². The molecule has 0 amide bonds. The van der Waals surface area contributed by atoms with Crippen molar-refractivity contribution < 1.29 is 9.47 Å². The molecule has 126 valence electrons. The van der Waals surface area contributed by atoms with Crippen molar-refractivity contribution in [2.75, 3.05) is 53.6 Å². The van der Waals surface area contributed by atoms with Gasteiger partial charge in [0.05, 0.1) is 13.2 Å². The van der Waals surface area contributed by atoms with Crippen molar-refractivity contribution >= 4 is 29.9 Å². The third-order valence-corrected chi connectivity index (χ3v) is 3.50. The second-order valence-corrected chi connectivity index (χ2v) is 5.88. The minimum Gasteiger partial charge on any atom is -0.381 e. The maximum absolute atomic E-state index is 5.60. The number of aliphatic imine (C=N–C) groups is 1. The van der Waals surface area contributed by atoms with Gasteiger partial charge in [-0.1, -0.05) is 13.8 Å². The fourth-order valence-electron chi connectivity index (χ4n) is 2.24. The highest BCUT2D eigenvalue weighted by molar-refractivity contribution is 14.0. The summed E-state index contributed by atoms with van der Waals surface area (Å²) in [4.78, 5) is 6.49. The number of rotatable bonds is 8. The van der Waals surface area contributed by atoms with Gasteiger partial charge >= 0.3 is 0 Å². The second kappa shape index (κ2) is 12.5. The van der Waals surface area contributed by atoms with E-state index in [-0.39, 0.29) is 24.0 Å². The number of hydrogen-bond acceptors (Lipinski definition) is 3. The zero-order valence-electron chi connectivity index (χ0n) is 13.9. The number of hydrogen-bond donors (Lipinski definition) is 1. The van der Waals surface area contributed by atoms with Crippen LogP contribution < -0.4 is 5.32 Å². The van der Waals surface area contributed by atoms with E-state index in [1.807, 2.05) is 7.05 Å². The molecule has 0 spiro atoms. The molecule has 1 atom stereocenters. The number of nitrogens with zero attached hydrogens (tertiary/aromatic N) is 2. The standard InChI is InChI=1S/C15H31N3O2.HI/c1-13(2)5-8-19-10-7-17-15(16-3)18(4)11-14-6-9-20-12-14;/h13-14H,5-12H2,1-4H3,(H,16,17);1H. The topological polar surface area (TPSA) is 46.1 Å². The van der Waals surface area contributed by atoms with Crippen LogP contribution in [-0.2, 0) is 9.47 Å². The molecule has 1 heterocycles. The van der Waals surface area contributed by atoms with Crippen molar-refractivity contribution in [1.29, 1.82) is 0 Å². The Morgan fingerprint density at radius 1 is 1.43 bits per heavy atom. The summed E-state index contributed by atoms with van der Waals surface area (Å²) in [7, 11) is 3.90. The van der Waals surface area contributed by atoms with Crippen LogP contribution in [0.2, 0.25) is 0 Å². The first-order valence-corrected chi connectivity index (χ1v) is 7.70. The fraction of sp³-hybridized carbons (Fsp3) is 0.933. The van der Waals surface area contributed by atoms with Crippen LogP contribution in [0.1, 0.15) is 26.7 Å². The Morgan fingerprint density at radius 3 is 2.76 bits per heavy atom. The third kappa shape index (κ3) is 9.52. The molecule has 0 saturated carbocycles. The van der Waals surface area contributed by atoms with E-state index in [1.54, 1.807) is 0 Å². The summed E-state index contributed by atoms with van der Waals surface area (Å²) in [6, 6.07) is 0. The molecule has 1 saturated heterocycles. The van der Waals surface area contributed by atoms with Crippen molar-refractivity contribution in [2.45, 2.75) is 26.7 Å². The molecule has 1 aliphatic heterocycles. The molecular weight excluding hydrogens is 381 g/mol. The molecule has 0 aliphatic carbocycles. The van der Waals surface area contributed by atoms with Crippen LogP contribution in [0.3, 0.4) is 0 Å². The average molecular weight is 413 g/mol. The van der Waals surface area contributed by atoms with Crippen molar-refractivity contribution in [3.05, 3.63) is 0 Å². The van der Waals surface area contributed by atoms with Crippen LogP contribution in [-0.4, -0.2) is 64.5 Å². The number of halogens is 1. The molecule has 0 aromatic heterocycles. The monoisotopic (exact) mass is 413 g/mol. The smallest absolute Gasteiger partial charge is 0.193 e. The van der Waals surface area contributed by atoms with E-state index >= 15 is 0 Å². The molecule has 5 nitrogen and oxygen atoms in total. The van der Waals surface area contributed by atoms with Gasteiger partial charge in [0.2, 0.25) is 0 Å². The summed E-state index contributed by atoms with van der Waals surface area (Å²) < 4.78 is 11.0. The van der Waals surface area contributed by atoms with E-state index in [9.17, 15) is 0 Å². The maximum Gasteiger partial charge on any atom is 0.193 e. The zero-order valence-corrected chi connectivity index (χ0v) is 16.3. The van der Waals surface area contributed by atoms with E-state index in [1.165, 1.54) is 0 Å². The Labute approximate surface area is 146 Å². The molecule has 1 fully saturated rings. The van der Waals surface area contributed by atoms with Crippen LogP contribution in [0.15, 0.2) is 4.99 Å². The summed E-state index contributed by atoms with van der Waals surface area (Å²) >= 11 is 0. The first-order valence-electron chi connectivity index (χ1n) is 7.70. The van der Waals surface area contributed by atoms with Gasteiger partial charge in [-0.05, 0) is 18.8 Å². The van der Waals surface area contributed by atoms with Crippen LogP contribution in [0.4, 0.5) is 0 Å². The lowest BCUT2D eigenvalue weighted by Gasteiger charge is -2.24. The Bertz CT molecular complexity index is 282. The van der Waals surface area contributed by atoms with E-state index in [0.717, 1.165) is 58.3 Å². The minimum absolute atomic E-state index is 0. The van der Waals surface area contributed by atoms with E-state index in [4.69, 9.17) is 9.47 Å². The quantitative estimate of drug-likeness (QED) is 0.287. The number of nitrogens with one attached hydrogen (secondary N) is 1. The maximum atomic E-state index is 5.60. The van der Waals surface area contributed by atoms with Crippen LogP contribution in [0, 0.1) is 11.8 Å². The predicted octanol–water partition coefficient (Wildman–Crippen LogP) is 2.21. The Kier molecular flexibility index (Phi) is 12.4. The summed E-state index contributed by atoms with van der Waals surface area (Å²) in [5, 5.41) is 3.34. The highest BCUT2D eigenvalue weighted by Gasteiger charge is 2.18. The fourth-order valence-corrected chi connectivity index (χ4v) is 2.24. The van der Waals surface area contributed by atoms with Gasteiger partial charge in [-0.2, -0.15) is 0 Å². The number of ether oxygens (including phenoxy) is 2. The largest absolute Gasteiger partial charge is 0.381 e. The van der Waals surface area contributed by atoms with E-state index in [2.05, 4.69) is 36.1 Å². The molecule has 6 heteroatoms. The molecular formula is C15H32IN3O2. The Morgan fingerprint density at radius 2 is 2.19 bits per heavy atom. The molecule has 0 radical (unpaired) electrons. The minimum atomic E-state index is 0. The molecule has 1 aliphatic rings. The number of guanidine groups is 1. The highest BCUT2D eigenvalue weighted by atomic mass is 127. The molecule has 1 unspecified atom stereocenters. The molecule has 0 aromatic carbocycles. The zero-order chi connectivity index (χ0) is 14.8. The second-order valence-electron chi connectivity index (χ2n) is 5.88. The SMILES string of the molecule is CN=C(NCCOCCC(C)C)N(C)CC1CCOC1.I. The molecule has 21 heavy (non-hydrogen) atoms. The highest BCUT2D eigenvalue weighted by Crippen LogP contribution is 2.13. The van der Waals surface area contributed by atoms with Crippen LogP contribution >= 0.6 is 24.0 Å². The van der Waals surface area contributed by atoms with Gasteiger partial charge < -0.3 is 19.7 Å². The molecule has 0 aromatic rings. The van der Waals surface area contributed by atoms with Crippen molar-refractivity contribution in [1.82, 2.24) is 10.2 Å². The molecule has 1 rings (SSSR count). The third-order valence-electron chi connectivity index (χ3n) is 3.50. The van der Waals surface area contributed by atoms with Gasteiger partial charge in [-0.3, -0.25) is 4.99 Å². The first kappa shape index (κ1) is 20.9. The molecule has 1 N–H and O–H groups in total. The Balaban J connectivity index is 0.00000400. The summed E-state index contributed by atoms with van der Waals surface area (Å²) in [6.07, 6.45) is 2.27. The van der Waals surface area contributed by atoms with E-state index < -0.39 is 0 Å². The van der Waals surface area contributed by atoms with Gasteiger partial charge in [0.15, 0.2) is 5.96 Å². The first-order chi connectivity index (χ1) is 9.63. The lowest BCUT2D eigenvalue weighted by Crippen LogP contribution is -2.42. The van der Waals surface area contributed by atoms with Gasteiger partial charge in [0, 0.05) is 46.3 Å². The predicted molar refractivity (Wildman–Crippen MR) is 98.6 cm³/mol. The average Bonchev–Trinajstić information content (AvgIpc) is 2.90. The van der Waals surface area contributed by atoms with Gasteiger partial charge in [-0.15, -0.1) is 24.0 Å². The summed E-state index contributed by atoms with van der Waals surface area (Å²) in [5.74, 6) is 2.26. The summed E-state index contributed by atoms with van der Waals surface area (Å²) in [6.45, 7) is 9.56. The normalized spacial score (nSPS) is 18.7. The Hall–Kier alpha value is -0.0800. The van der Waals surface area contributed by atoms with Crippen LogP contribution in [0.5, 0.6) is 0 Å². The lowest BCUT2D eigenvalue weighted by atomic mass is 10.1. The lowest BCUT2D eigenvalue weighted by molar-refractivity contribution is 0.127. The van der Waals surface area contributed by atoms with Gasteiger partial charge in [0.25, 0.3) is 0 Å². The summed E-state index contributed by atoms with van der Waals surface area (Å²) in [5.41, 5.74) is 0. The van der Waals surface area contributed by atoms with Crippen LogP contribution in [0.25, 0.3) is 0 Å². The van der Waals surface area contributed by atoms with Gasteiger partial charge in [0.1, 0.15) is 0 Å². The van der Waals surface area contributed by atoms with Crippen molar-refractivity contribution in [2.24, 2.45) is 16.8 Å². The van der Waals surface area contributed by atoms with Crippen molar-refractivity contribution in [3.8, 4) is 0 Å². The van der Waals surface area contributed by atoms with Crippen molar-refractivity contribution in [3.63, 3.8) is 0 Å². The van der Waals surface area contributed by atoms with E-state index in [0.29, 0.717) is 11.8 Å². The molecule has 0 bridgehead atoms.